The maximum absolute atomic E-state index is 13.4. The molecule has 1 N–H and O–H groups in total. The van der Waals surface area contributed by atoms with Crippen LogP contribution in [0.5, 0.6) is 0 Å². The number of esters is 1. The maximum atomic E-state index is 13.4. The van der Waals surface area contributed by atoms with Gasteiger partial charge < -0.3 is 10.1 Å². The number of anilines is 1. The minimum absolute atomic E-state index is 0.130. The Labute approximate surface area is 206 Å². The van der Waals surface area contributed by atoms with E-state index < -0.39 is 5.97 Å². The highest BCUT2D eigenvalue weighted by molar-refractivity contribution is 8.00. The minimum atomic E-state index is -0.403. The number of hydrogen-bond donors (Lipinski definition) is 1. The van der Waals surface area contributed by atoms with Gasteiger partial charge in [-0.15, -0.1) is 0 Å². The Morgan fingerprint density at radius 2 is 1.71 bits per heavy atom. The second-order valence-corrected chi connectivity index (χ2v) is 8.66. The highest BCUT2D eigenvalue weighted by atomic mass is 32.2. The molecule has 8 heteroatoms. The van der Waals surface area contributed by atoms with E-state index in [-0.39, 0.29) is 17.5 Å². The van der Waals surface area contributed by atoms with Gasteiger partial charge in [-0.3, -0.25) is 4.79 Å². The van der Waals surface area contributed by atoms with Gasteiger partial charge in [0.1, 0.15) is 10.8 Å². The van der Waals surface area contributed by atoms with E-state index in [0.717, 1.165) is 22.9 Å². The van der Waals surface area contributed by atoms with E-state index in [9.17, 15) is 14.0 Å². The summed E-state index contributed by atoms with van der Waals surface area (Å²) in [6.45, 7) is 4.12. The summed E-state index contributed by atoms with van der Waals surface area (Å²) >= 11 is 1.31. The Hall–Kier alpha value is -3.78. The van der Waals surface area contributed by atoms with E-state index >= 15 is 0 Å². The summed E-state index contributed by atoms with van der Waals surface area (Å²) in [6, 6.07) is 18.6. The van der Waals surface area contributed by atoms with Crippen LogP contribution in [0.3, 0.4) is 0 Å². The van der Waals surface area contributed by atoms with Crippen LogP contribution in [0, 0.1) is 5.82 Å². The number of aromatic nitrogens is 2. The number of nitrogens with zero attached hydrogens (tertiary/aromatic N) is 2. The Balaban J connectivity index is 1.53. The highest BCUT2D eigenvalue weighted by Gasteiger charge is 2.14. The lowest BCUT2D eigenvalue weighted by Gasteiger charge is -2.10. The number of carbonyl (C=O) groups is 2. The number of benzene rings is 3. The first-order valence-corrected chi connectivity index (χ1v) is 12.2. The molecule has 0 aliphatic rings. The molecule has 1 aromatic heterocycles. The van der Waals surface area contributed by atoms with Crippen molar-refractivity contribution in [1.29, 1.82) is 0 Å². The predicted molar refractivity (Wildman–Crippen MR) is 136 cm³/mol. The fourth-order valence-corrected chi connectivity index (χ4v) is 4.25. The number of hydrogen-bond acceptors (Lipinski definition) is 6. The standard InChI is InChI=1S/C27H24FN3O3S/c1-3-17-5-14-23-22(15-17)26(31-25(30-23)18-6-10-20(28)11-7-18)35-16-24(32)29-21-12-8-19(9-13-21)27(33)34-4-2/h5-15H,3-4,16H2,1-2H3,(H,29,32). The third kappa shape index (κ3) is 6.02. The van der Waals surface area contributed by atoms with Crippen LogP contribution in [0.4, 0.5) is 10.1 Å². The van der Waals surface area contributed by atoms with Crippen molar-refractivity contribution in [3.63, 3.8) is 0 Å². The van der Waals surface area contributed by atoms with Crippen LogP contribution in [0.15, 0.2) is 71.8 Å². The van der Waals surface area contributed by atoms with Gasteiger partial charge in [0.2, 0.25) is 5.91 Å². The number of rotatable bonds is 8. The molecule has 0 unspecified atom stereocenters. The number of halogens is 1. The average Bonchev–Trinajstić information content (AvgIpc) is 2.87. The molecule has 35 heavy (non-hydrogen) atoms. The van der Waals surface area contributed by atoms with Crippen molar-refractivity contribution >= 4 is 40.2 Å². The normalized spacial score (nSPS) is 10.8. The smallest absolute Gasteiger partial charge is 0.338 e. The van der Waals surface area contributed by atoms with Crippen molar-refractivity contribution in [1.82, 2.24) is 9.97 Å². The predicted octanol–water partition coefficient (Wildman–Crippen LogP) is 5.91. The average molecular weight is 490 g/mol. The SMILES string of the molecule is CCOC(=O)c1ccc(NC(=O)CSc2nc(-c3ccc(F)cc3)nc3ccc(CC)cc23)cc1. The minimum Gasteiger partial charge on any atom is -0.462 e. The number of amides is 1. The first-order valence-electron chi connectivity index (χ1n) is 11.2. The summed E-state index contributed by atoms with van der Waals surface area (Å²) in [6.07, 6.45) is 0.863. The summed E-state index contributed by atoms with van der Waals surface area (Å²) in [5, 5.41) is 4.38. The van der Waals surface area contributed by atoms with Gasteiger partial charge in [0.25, 0.3) is 0 Å². The van der Waals surface area contributed by atoms with Gasteiger partial charge in [0.15, 0.2) is 5.82 Å². The Kier molecular flexibility index (Phi) is 7.72. The van der Waals surface area contributed by atoms with Gasteiger partial charge in [0.05, 0.1) is 23.4 Å². The molecule has 3 aromatic carbocycles. The van der Waals surface area contributed by atoms with Gasteiger partial charge >= 0.3 is 5.97 Å². The monoisotopic (exact) mass is 489 g/mol. The lowest BCUT2D eigenvalue weighted by atomic mass is 10.1. The molecule has 0 fully saturated rings. The molecule has 1 amide bonds. The molecule has 0 saturated carbocycles. The zero-order valence-corrected chi connectivity index (χ0v) is 20.2. The molecule has 0 saturated heterocycles. The Bertz CT molecular complexity index is 1360. The van der Waals surface area contributed by atoms with Gasteiger partial charge in [-0.05, 0) is 79.6 Å². The van der Waals surface area contributed by atoms with E-state index in [1.807, 2.05) is 18.2 Å². The van der Waals surface area contributed by atoms with Crippen molar-refractivity contribution in [2.75, 3.05) is 17.7 Å². The van der Waals surface area contributed by atoms with Crippen molar-refractivity contribution < 1.29 is 18.7 Å². The topological polar surface area (TPSA) is 81.2 Å². The molecule has 178 valence electrons. The second-order valence-electron chi connectivity index (χ2n) is 7.70. The summed E-state index contributed by atoms with van der Waals surface area (Å²) in [5.41, 5.74) is 3.60. The zero-order chi connectivity index (χ0) is 24.8. The number of fused-ring (bicyclic) bond motifs is 1. The van der Waals surface area contributed by atoms with Crippen LogP contribution in [0.1, 0.15) is 29.8 Å². The molecule has 0 aliphatic carbocycles. The number of nitrogens with one attached hydrogen (secondary N) is 1. The maximum Gasteiger partial charge on any atom is 0.338 e. The van der Waals surface area contributed by atoms with Gasteiger partial charge in [-0.1, -0.05) is 24.8 Å². The fourth-order valence-electron chi connectivity index (χ4n) is 3.44. The quantitative estimate of drug-likeness (QED) is 0.188. The van der Waals surface area contributed by atoms with E-state index in [1.54, 1.807) is 43.3 Å². The lowest BCUT2D eigenvalue weighted by Crippen LogP contribution is -2.14. The molecule has 1 heterocycles. The van der Waals surface area contributed by atoms with Crippen LogP contribution in [-0.2, 0) is 16.0 Å². The molecule has 4 aromatic rings. The first kappa shape index (κ1) is 24.3. The summed E-state index contributed by atoms with van der Waals surface area (Å²) < 4.78 is 18.4. The van der Waals surface area contributed by atoms with E-state index in [1.165, 1.54) is 23.9 Å². The van der Waals surface area contributed by atoms with Crippen LogP contribution in [0.2, 0.25) is 0 Å². The molecule has 0 bridgehead atoms. The van der Waals surface area contributed by atoms with Gasteiger partial charge in [0, 0.05) is 16.6 Å². The van der Waals surface area contributed by atoms with Crippen LogP contribution in [0.25, 0.3) is 22.3 Å². The molecular weight excluding hydrogens is 465 g/mol. The zero-order valence-electron chi connectivity index (χ0n) is 19.4. The van der Waals surface area contributed by atoms with Crippen molar-refractivity contribution in [3.8, 4) is 11.4 Å². The van der Waals surface area contributed by atoms with Crippen molar-refractivity contribution in [3.05, 3.63) is 83.7 Å². The molecule has 0 spiro atoms. The van der Waals surface area contributed by atoms with Gasteiger partial charge in [-0.2, -0.15) is 0 Å². The Morgan fingerprint density at radius 3 is 2.40 bits per heavy atom. The summed E-state index contributed by atoms with van der Waals surface area (Å²) in [4.78, 5) is 33.8. The number of ether oxygens (including phenoxy) is 1. The first-order chi connectivity index (χ1) is 17.0. The molecule has 4 rings (SSSR count). The molecular formula is C27H24FN3O3S. The van der Waals surface area contributed by atoms with Crippen molar-refractivity contribution in [2.45, 2.75) is 25.3 Å². The molecule has 6 nitrogen and oxygen atoms in total. The second kappa shape index (κ2) is 11.1. The van der Waals surface area contributed by atoms with E-state index in [2.05, 4.69) is 17.2 Å². The summed E-state index contributed by atoms with van der Waals surface area (Å²) in [7, 11) is 0. The molecule has 0 radical (unpaired) electrons. The lowest BCUT2D eigenvalue weighted by molar-refractivity contribution is -0.113. The fraction of sp³-hybridized carbons (Fsp3) is 0.185. The van der Waals surface area contributed by atoms with Crippen LogP contribution >= 0.6 is 11.8 Å². The summed E-state index contributed by atoms with van der Waals surface area (Å²) in [5.74, 6) is -0.339. The highest BCUT2D eigenvalue weighted by Crippen LogP contribution is 2.29. The number of thioether (sulfide) groups is 1. The number of aryl methyl sites for hydroxylation is 1. The molecule has 0 atom stereocenters. The largest absolute Gasteiger partial charge is 0.462 e. The van der Waals surface area contributed by atoms with Crippen LogP contribution < -0.4 is 5.32 Å². The van der Waals surface area contributed by atoms with Crippen molar-refractivity contribution in [2.24, 2.45) is 0 Å². The van der Waals surface area contributed by atoms with Gasteiger partial charge in [-0.25, -0.2) is 19.2 Å². The van der Waals surface area contributed by atoms with Crippen LogP contribution in [-0.4, -0.2) is 34.2 Å². The molecule has 0 aliphatic heterocycles. The third-order valence-corrected chi connectivity index (χ3v) is 6.25. The third-order valence-electron chi connectivity index (χ3n) is 5.26. The number of carbonyl (C=O) groups excluding carboxylic acids is 2. The van der Waals surface area contributed by atoms with E-state index in [0.29, 0.717) is 34.3 Å². The van der Waals surface area contributed by atoms with E-state index in [4.69, 9.17) is 9.72 Å². The Morgan fingerprint density at radius 1 is 0.971 bits per heavy atom.